The van der Waals surface area contributed by atoms with Crippen LogP contribution in [0.5, 0.6) is 5.75 Å². The fourth-order valence-corrected chi connectivity index (χ4v) is 1.46. The first-order chi connectivity index (χ1) is 7.87. The van der Waals surface area contributed by atoms with Crippen molar-refractivity contribution in [3.8, 4) is 5.75 Å². The number of carbonyl (C=O) groups is 1. The molecule has 3 heteroatoms. The summed E-state index contributed by atoms with van der Waals surface area (Å²) < 4.78 is 5.73. The number of hydrogen-bond acceptors (Lipinski definition) is 2. The van der Waals surface area contributed by atoms with Gasteiger partial charge in [0.15, 0.2) is 0 Å². The van der Waals surface area contributed by atoms with E-state index in [1.165, 1.54) is 12.5 Å². The number of benzene rings is 1. The molecule has 0 saturated carbocycles. The van der Waals surface area contributed by atoms with Gasteiger partial charge in [-0.3, -0.25) is 4.79 Å². The van der Waals surface area contributed by atoms with Gasteiger partial charge in [-0.1, -0.05) is 12.1 Å². The Morgan fingerprint density at radius 3 is 2.29 bits per heavy atom. The largest absolute Gasteiger partial charge is 0.488 e. The molecule has 0 saturated heterocycles. The average Bonchev–Trinajstić information content (AvgIpc) is 2.18. The van der Waals surface area contributed by atoms with Crippen LogP contribution in [0, 0.1) is 0 Å². The molecule has 1 N–H and O–H groups in total. The predicted octanol–water partition coefficient (Wildman–Crippen LogP) is 2.54. The fraction of sp³-hybridized carbons (Fsp3) is 0.500. The van der Waals surface area contributed by atoms with Gasteiger partial charge in [0.1, 0.15) is 11.4 Å². The van der Waals surface area contributed by atoms with E-state index < -0.39 is 0 Å². The van der Waals surface area contributed by atoms with Crippen molar-refractivity contribution in [1.82, 2.24) is 5.32 Å². The lowest BCUT2D eigenvalue weighted by Crippen LogP contribution is -2.23. The molecule has 1 amide bonds. The highest BCUT2D eigenvalue weighted by Gasteiger charge is 2.11. The molecule has 3 nitrogen and oxygen atoms in total. The summed E-state index contributed by atoms with van der Waals surface area (Å²) in [7, 11) is 0. The molecule has 0 unspecified atom stereocenters. The topological polar surface area (TPSA) is 38.3 Å². The van der Waals surface area contributed by atoms with E-state index in [1.54, 1.807) is 0 Å². The first-order valence-electron chi connectivity index (χ1n) is 5.89. The highest BCUT2D eigenvalue weighted by atomic mass is 16.5. The molecular weight excluding hydrogens is 214 g/mol. The van der Waals surface area contributed by atoms with Crippen LogP contribution in [0.2, 0.25) is 0 Å². The monoisotopic (exact) mass is 235 g/mol. The summed E-state index contributed by atoms with van der Waals surface area (Å²) in [5.74, 6) is 0.887. The number of rotatable bonds is 4. The van der Waals surface area contributed by atoms with Crippen LogP contribution in [0.1, 0.15) is 33.3 Å². The second-order valence-corrected chi connectivity index (χ2v) is 5.09. The average molecular weight is 235 g/mol. The molecule has 1 aromatic rings. The number of carbonyl (C=O) groups excluding carboxylic acids is 1. The lowest BCUT2D eigenvalue weighted by Gasteiger charge is -2.21. The summed E-state index contributed by atoms with van der Waals surface area (Å²) in [6, 6.07) is 7.99. The Kier molecular flexibility index (Phi) is 4.55. The zero-order chi connectivity index (χ0) is 12.9. The van der Waals surface area contributed by atoms with Crippen molar-refractivity contribution >= 4 is 5.91 Å². The van der Waals surface area contributed by atoms with Gasteiger partial charge < -0.3 is 10.1 Å². The second-order valence-electron chi connectivity index (χ2n) is 5.09. The molecule has 0 aliphatic carbocycles. The van der Waals surface area contributed by atoms with Gasteiger partial charge in [-0.2, -0.15) is 0 Å². The maximum Gasteiger partial charge on any atom is 0.216 e. The van der Waals surface area contributed by atoms with Crippen molar-refractivity contribution in [2.45, 2.75) is 39.7 Å². The van der Waals surface area contributed by atoms with Gasteiger partial charge in [0.25, 0.3) is 0 Å². The van der Waals surface area contributed by atoms with Crippen LogP contribution in [-0.4, -0.2) is 18.1 Å². The Labute approximate surface area is 103 Å². The van der Waals surface area contributed by atoms with Gasteiger partial charge in [-0.05, 0) is 44.9 Å². The van der Waals surface area contributed by atoms with Crippen LogP contribution in [-0.2, 0) is 11.2 Å². The maximum absolute atomic E-state index is 10.7. The van der Waals surface area contributed by atoms with E-state index in [4.69, 9.17) is 4.74 Å². The zero-order valence-corrected chi connectivity index (χ0v) is 11.0. The molecule has 17 heavy (non-hydrogen) atoms. The molecule has 0 spiro atoms. The van der Waals surface area contributed by atoms with Crippen LogP contribution < -0.4 is 10.1 Å². The van der Waals surface area contributed by atoms with Gasteiger partial charge in [0.05, 0.1) is 0 Å². The Balaban J connectivity index is 2.47. The molecule has 1 rings (SSSR count). The minimum Gasteiger partial charge on any atom is -0.488 e. The van der Waals surface area contributed by atoms with E-state index in [9.17, 15) is 4.79 Å². The number of nitrogens with one attached hydrogen (secondary N) is 1. The number of hydrogen-bond donors (Lipinski definition) is 1. The molecule has 0 atom stereocenters. The van der Waals surface area contributed by atoms with Gasteiger partial charge in [-0.25, -0.2) is 0 Å². The first-order valence-corrected chi connectivity index (χ1v) is 5.89. The van der Waals surface area contributed by atoms with Crippen LogP contribution in [0.3, 0.4) is 0 Å². The summed E-state index contributed by atoms with van der Waals surface area (Å²) in [5, 5.41) is 2.78. The second kappa shape index (κ2) is 5.71. The molecule has 0 heterocycles. The van der Waals surface area contributed by atoms with E-state index >= 15 is 0 Å². The lowest BCUT2D eigenvalue weighted by molar-refractivity contribution is -0.118. The zero-order valence-electron chi connectivity index (χ0n) is 11.0. The third kappa shape index (κ3) is 5.95. The Hall–Kier alpha value is -1.51. The quantitative estimate of drug-likeness (QED) is 0.871. The lowest BCUT2D eigenvalue weighted by atomic mass is 10.1. The van der Waals surface area contributed by atoms with Gasteiger partial charge in [-0.15, -0.1) is 0 Å². The highest BCUT2D eigenvalue weighted by molar-refractivity contribution is 5.72. The van der Waals surface area contributed by atoms with E-state index in [1.807, 2.05) is 45.0 Å². The summed E-state index contributed by atoms with van der Waals surface area (Å²) in [6.45, 7) is 8.28. The Bertz CT molecular complexity index is 363. The summed E-state index contributed by atoms with van der Waals surface area (Å²) in [4.78, 5) is 10.7. The number of amides is 1. The van der Waals surface area contributed by atoms with Crippen molar-refractivity contribution in [3.63, 3.8) is 0 Å². The highest BCUT2D eigenvalue weighted by Crippen LogP contribution is 2.18. The van der Waals surface area contributed by atoms with Crippen molar-refractivity contribution in [3.05, 3.63) is 29.8 Å². The smallest absolute Gasteiger partial charge is 0.216 e. The van der Waals surface area contributed by atoms with E-state index in [-0.39, 0.29) is 11.5 Å². The summed E-state index contributed by atoms with van der Waals surface area (Å²) >= 11 is 0. The minimum atomic E-state index is -0.169. The third-order valence-corrected chi connectivity index (χ3v) is 2.14. The molecule has 1 aromatic carbocycles. The van der Waals surface area contributed by atoms with E-state index in [0.717, 1.165) is 12.2 Å². The van der Waals surface area contributed by atoms with Gasteiger partial charge >= 0.3 is 0 Å². The van der Waals surface area contributed by atoms with Crippen LogP contribution in [0.25, 0.3) is 0 Å². The molecule has 0 aliphatic rings. The first kappa shape index (κ1) is 13.6. The molecular formula is C14H21NO2. The summed E-state index contributed by atoms with van der Waals surface area (Å²) in [6.07, 6.45) is 0.843. The molecule has 94 valence electrons. The van der Waals surface area contributed by atoms with Crippen molar-refractivity contribution in [2.75, 3.05) is 6.54 Å². The standard InChI is InChI=1S/C14H21NO2/c1-11(16)15-10-9-12-5-7-13(8-6-12)17-14(2,3)4/h5-8H,9-10H2,1-4H3,(H,15,16). The molecule has 0 aromatic heterocycles. The van der Waals surface area contributed by atoms with Crippen LogP contribution in [0.4, 0.5) is 0 Å². The molecule has 0 bridgehead atoms. The van der Waals surface area contributed by atoms with E-state index in [0.29, 0.717) is 6.54 Å². The fourth-order valence-electron chi connectivity index (χ4n) is 1.46. The minimum absolute atomic E-state index is 0.0117. The van der Waals surface area contributed by atoms with Crippen molar-refractivity contribution < 1.29 is 9.53 Å². The SMILES string of the molecule is CC(=O)NCCc1ccc(OC(C)(C)C)cc1. The van der Waals surface area contributed by atoms with Crippen LogP contribution >= 0.6 is 0 Å². The number of ether oxygens (including phenoxy) is 1. The van der Waals surface area contributed by atoms with Gasteiger partial charge in [0.2, 0.25) is 5.91 Å². The Morgan fingerprint density at radius 2 is 1.82 bits per heavy atom. The third-order valence-electron chi connectivity index (χ3n) is 2.14. The molecule has 0 aliphatic heterocycles. The van der Waals surface area contributed by atoms with Gasteiger partial charge in [0, 0.05) is 13.5 Å². The summed E-state index contributed by atoms with van der Waals surface area (Å²) in [5.41, 5.74) is 1.03. The van der Waals surface area contributed by atoms with Crippen molar-refractivity contribution in [1.29, 1.82) is 0 Å². The maximum atomic E-state index is 10.7. The molecule has 0 fully saturated rings. The predicted molar refractivity (Wildman–Crippen MR) is 69.2 cm³/mol. The van der Waals surface area contributed by atoms with E-state index in [2.05, 4.69) is 5.32 Å². The Morgan fingerprint density at radius 1 is 1.24 bits per heavy atom. The van der Waals surface area contributed by atoms with Crippen molar-refractivity contribution in [2.24, 2.45) is 0 Å². The normalized spacial score (nSPS) is 11.1. The van der Waals surface area contributed by atoms with Crippen LogP contribution in [0.15, 0.2) is 24.3 Å². The molecule has 0 radical (unpaired) electrons.